The fourth-order valence-electron chi connectivity index (χ4n) is 3.52. The Hall–Kier alpha value is -3.37. The van der Waals surface area contributed by atoms with Gasteiger partial charge in [0.1, 0.15) is 0 Å². The molecule has 1 heterocycles. The summed E-state index contributed by atoms with van der Waals surface area (Å²) in [7, 11) is 0. The molecule has 4 rings (SSSR count). The van der Waals surface area contributed by atoms with Crippen molar-refractivity contribution in [3.63, 3.8) is 0 Å². The lowest BCUT2D eigenvalue weighted by atomic mass is 10.1. The minimum absolute atomic E-state index is 0.277. The molecule has 0 aliphatic heterocycles. The summed E-state index contributed by atoms with van der Waals surface area (Å²) in [5.41, 5.74) is 7.32. The Bertz CT molecular complexity index is 1220. The molecule has 29 heavy (non-hydrogen) atoms. The third-order valence-corrected chi connectivity index (χ3v) is 5.21. The number of rotatable bonds is 4. The highest BCUT2D eigenvalue weighted by molar-refractivity contribution is 6.30. The zero-order valence-electron chi connectivity index (χ0n) is 16.2. The number of aromatic nitrogens is 1. The first-order chi connectivity index (χ1) is 14.0. The summed E-state index contributed by atoms with van der Waals surface area (Å²) in [4.78, 5) is 12.2. The van der Waals surface area contributed by atoms with E-state index in [1.165, 1.54) is 10.8 Å². The predicted molar refractivity (Wildman–Crippen MR) is 119 cm³/mol. The SMILES string of the molecule is Cc1cc(/C=N\NC(=O)c2ccc(Cl)cc2)c(C)n1-c1cccc2ccccc12. The molecule has 144 valence electrons. The number of hydrazone groups is 1. The van der Waals surface area contributed by atoms with Crippen LogP contribution in [0.5, 0.6) is 0 Å². The molecule has 0 aliphatic rings. The number of aryl methyl sites for hydroxylation is 1. The number of fused-ring (bicyclic) bond motifs is 1. The Morgan fingerprint density at radius 2 is 1.72 bits per heavy atom. The van der Waals surface area contributed by atoms with Crippen molar-refractivity contribution in [1.82, 2.24) is 9.99 Å². The maximum Gasteiger partial charge on any atom is 0.271 e. The van der Waals surface area contributed by atoms with Gasteiger partial charge in [0.05, 0.1) is 11.9 Å². The van der Waals surface area contributed by atoms with E-state index in [0.29, 0.717) is 10.6 Å². The molecular weight excluding hydrogens is 382 g/mol. The summed E-state index contributed by atoms with van der Waals surface area (Å²) in [6.07, 6.45) is 1.68. The maximum atomic E-state index is 12.2. The van der Waals surface area contributed by atoms with Crippen LogP contribution in [-0.4, -0.2) is 16.7 Å². The molecule has 0 fully saturated rings. The van der Waals surface area contributed by atoms with Crippen molar-refractivity contribution in [3.05, 3.63) is 100 Å². The standard InChI is InChI=1S/C24H20ClN3O/c1-16-14-20(15-26-27-24(29)19-10-12-21(25)13-11-19)17(2)28(16)23-9-5-7-18-6-3-4-8-22(18)23/h3-15H,1-2H3,(H,27,29)/b26-15-. The number of carbonyl (C=O) groups is 1. The van der Waals surface area contributed by atoms with Crippen LogP contribution in [-0.2, 0) is 0 Å². The summed E-state index contributed by atoms with van der Waals surface area (Å²) >= 11 is 5.86. The number of benzene rings is 3. The van der Waals surface area contributed by atoms with Gasteiger partial charge < -0.3 is 4.57 Å². The third kappa shape index (κ3) is 3.80. The highest BCUT2D eigenvalue weighted by Crippen LogP contribution is 2.26. The smallest absolute Gasteiger partial charge is 0.271 e. The number of amides is 1. The number of hydrogen-bond donors (Lipinski definition) is 1. The molecule has 1 N–H and O–H groups in total. The lowest BCUT2D eigenvalue weighted by Crippen LogP contribution is -2.17. The molecule has 0 saturated carbocycles. The van der Waals surface area contributed by atoms with E-state index in [0.717, 1.165) is 22.6 Å². The van der Waals surface area contributed by atoms with Crippen LogP contribution < -0.4 is 5.43 Å². The minimum atomic E-state index is -0.277. The normalized spacial score (nSPS) is 11.3. The van der Waals surface area contributed by atoms with Crippen molar-refractivity contribution < 1.29 is 4.79 Å². The second kappa shape index (κ2) is 7.94. The monoisotopic (exact) mass is 401 g/mol. The molecule has 4 nitrogen and oxygen atoms in total. The molecular formula is C24H20ClN3O. The van der Waals surface area contributed by atoms with Crippen molar-refractivity contribution in [2.45, 2.75) is 13.8 Å². The Balaban J connectivity index is 1.61. The van der Waals surface area contributed by atoms with Crippen LogP contribution in [0.25, 0.3) is 16.5 Å². The second-order valence-corrected chi connectivity index (χ2v) is 7.30. The van der Waals surface area contributed by atoms with Gasteiger partial charge in [-0.15, -0.1) is 0 Å². The van der Waals surface area contributed by atoms with Gasteiger partial charge >= 0.3 is 0 Å². The molecule has 0 bridgehead atoms. The Morgan fingerprint density at radius 1 is 1.00 bits per heavy atom. The van der Waals surface area contributed by atoms with E-state index in [9.17, 15) is 4.79 Å². The van der Waals surface area contributed by atoms with E-state index in [4.69, 9.17) is 11.6 Å². The first-order valence-electron chi connectivity index (χ1n) is 9.30. The van der Waals surface area contributed by atoms with E-state index >= 15 is 0 Å². The van der Waals surface area contributed by atoms with Crippen LogP contribution in [0, 0.1) is 13.8 Å². The average molecular weight is 402 g/mol. The van der Waals surface area contributed by atoms with Gasteiger partial charge in [0.15, 0.2) is 0 Å². The van der Waals surface area contributed by atoms with Gasteiger partial charge in [0.2, 0.25) is 0 Å². The molecule has 1 amide bonds. The van der Waals surface area contributed by atoms with Crippen molar-refractivity contribution in [1.29, 1.82) is 0 Å². The molecule has 4 aromatic rings. The Kier molecular flexibility index (Phi) is 5.19. The number of nitrogens with zero attached hydrogens (tertiary/aromatic N) is 2. The zero-order valence-corrected chi connectivity index (χ0v) is 16.9. The Labute approximate surface area is 174 Å². The van der Waals surface area contributed by atoms with Gasteiger partial charge in [0, 0.05) is 32.9 Å². The lowest BCUT2D eigenvalue weighted by molar-refractivity contribution is 0.0955. The summed E-state index contributed by atoms with van der Waals surface area (Å²) in [5, 5.41) is 7.12. The Morgan fingerprint density at radius 3 is 2.52 bits per heavy atom. The first-order valence-corrected chi connectivity index (χ1v) is 9.68. The fraction of sp³-hybridized carbons (Fsp3) is 0.0833. The first kappa shape index (κ1) is 19.0. The van der Waals surface area contributed by atoms with Gasteiger partial charge in [-0.1, -0.05) is 48.0 Å². The van der Waals surface area contributed by atoms with Gasteiger partial charge in [-0.05, 0) is 55.6 Å². The van der Waals surface area contributed by atoms with Gasteiger partial charge in [-0.25, -0.2) is 5.43 Å². The molecule has 0 unspecified atom stereocenters. The van der Waals surface area contributed by atoms with Crippen molar-refractivity contribution in [3.8, 4) is 5.69 Å². The molecule has 1 aromatic heterocycles. The highest BCUT2D eigenvalue weighted by atomic mass is 35.5. The zero-order chi connectivity index (χ0) is 20.4. The third-order valence-electron chi connectivity index (χ3n) is 4.95. The topological polar surface area (TPSA) is 46.4 Å². The average Bonchev–Trinajstić information content (AvgIpc) is 3.01. The van der Waals surface area contributed by atoms with E-state index in [1.54, 1.807) is 30.5 Å². The van der Waals surface area contributed by atoms with E-state index in [1.807, 2.05) is 6.07 Å². The number of carbonyl (C=O) groups excluding carboxylic acids is 1. The van der Waals surface area contributed by atoms with Crippen LogP contribution in [0.1, 0.15) is 27.3 Å². The summed E-state index contributed by atoms with van der Waals surface area (Å²) in [6.45, 7) is 4.12. The largest absolute Gasteiger partial charge is 0.317 e. The van der Waals surface area contributed by atoms with Crippen molar-refractivity contribution >= 4 is 34.5 Å². The highest BCUT2D eigenvalue weighted by Gasteiger charge is 2.12. The minimum Gasteiger partial charge on any atom is -0.317 e. The van der Waals surface area contributed by atoms with Crippen LogP contribution in [0.3, 0.4) is 0 Å². The van der Waals surface area contributed by atoms with Gasteiger partial charge in [-0.2, -0.15) is 5.10 Å². The second-order valence-electron chi connectivity index (χ2n) is 6.87. The summed E-state index contributed by atoms with van der Waals surface area (Å²) in [5.74, 6) is -0.277. The number of nitrogens with one attached hydrogen (secondary N) is 1. The van der Waals surface area contributed by atoms with E-state index in [-0.39, 0.29) is 5.91 Å². The molecule has 0 aliphatic carbocycles. The molecule has 0 atom stereocenters. The molecule has 0 saturated heterocycles. The molecule has 0 radical (unpaired) electrons. The van der Waals surface area contributed by atoms with Crippen molar-refractivity contribution in [2.24, 2.45) is 5.10 Å². The van der Waals surface area contributed by atoms with Crippen LogP contribution >= 0.6 is 11.6 Å². The molecule has 0 spiro atoms. The summed E-state index contributed by atoms with van der Waals surface area (Å²) in [6, 6.07) is 23.4. The quantitative estimate of drug-likeness (QED) is 0.348. The predicted octanol–water partition coefficient (Wildman–Crippen LogP) is 5.66. The van der Waals surface area contributed by atoms with Gasteiger partial charge in [-0.3, -0.25) is 4.79 Å². The van der Waals surface area contributed by atoms with E-state index in [2.05, 4.69) is 71.4 Å². The van der Waals surface area contributed by atoms with Crippen LogP contribution in [0.2, 0.25) is 5.02 Å². The number of halogens is 1. The molecule has 5 heteroatoms. The summed E-state index contributed by atoms with van der Waals surface area (Å²) < 4.78 is 2.21. The lowest BCUT2D eigenvalue weighted by Gasteiger charge is -2.12. The van der Waals surface area contributed by atoms with Gasteiger partial charge in [0.25, 0.3) is 5.91 Å². The maximum absolute atomic E-state index is 12.2. The van der Waals surface area contributed by atoms with Crippen LogP contribution in [0.15, 0.2) is 77.9 Å². The van der Waals surface area contributed by atoms with E-state index < -0.39 is 0 Å². The molecule has 3 aromatic carbocycles. The fourth-order valence-corrected chi connectivity index (χ4v) is 3.64. The van der Waals surface area contributed by atoms with Crippen LogP contribution in [0.4, 0.5) is 0 Å². The van der Waals surface area contributed by atoms with Crippen molar-refractivity contribution in [2.75, 3.05) is 0 Å². The number of hydrogen-bond acceptors (Lipinski definition) is 2.